The Bertz CT molecular complexity index is 825. The largest absolute Gasteiger partial charge is 0.337 e. The highest BCUT2D eigenvalue weighted by Crippen LogP contribution is 2.08. The predicted molar refractivity (Wildman–Crippen MR) is 83.4 cm³/mol. The number of nitrogens with one attached hydrogen (secondary N) is 3. The number of amides is 2. The maximum absolute atomic E-state index is 11.6. The third-order valence-electron chi connectivity index (χ3n) is 2.87. The van der Waals surface area contributed by atoms with E-state index >= 15 is 0 Å². The van der Waals surface area contributed by atoms with Gasteiger partial charge in [-0.05, 0) is 30.2 Å². The van der Waals surface area contributed by atoms with E-state index in [0.29, 0.717) is 13.0 Å². The SMILES string of the molecule is NS(=O)(=O)c1ccc(CCNC(=O)Nc2ccc(=O)[nH]n2)cc1. The van der Waals surface area contributed by atoms with Crippen LogP contribution in [-0.4, -0.2) is 31.2 Å². The highest BCUT2D eigenvalue weighted by molar-refractivity contribution is 7.89. The molecular weight excluding hydrogens is 322 g/mol. The summed E-state index contributed by atoms with van der Waals surface area (Å²) in [7, 11) is -3.70. The van der Waals surface area contributed by atoms with Crippen molar-refractivity contribution in [1.29, 1.82) is 0 Å². The minimum atomic E-state index is -3.70. The summed E-state index contributed by atoms with van der Waals surface area (Å²) < 4.78 is 22.3. The molecule has 0 aliphatic carbocycles. The number of aromatic amines is 1. The lowest BCUT2D eigenvalue weighted by Crippen LogP contribution is -2.31. The molecule has 9 nitrogen and oxygen atoms in total. The molecule has 2 aromatic rings. The number of nitrogens with two attached hydrogens (primary N) is 1. The molecule has 1 aromatic heterocycles. The Balaban J connectivity index is 1.81. The van der Waals surface area contributed by atoms with Crippen LogP contribution in [0.5, 0.6) is 0 Å². The average Bonchev–Trinajstić information content (AvgIpc) is 2.49. The van der Waals surface area contributed by atoms with Crippen LogP contribution in [0, 0.1) is 0 Å². The molecule has 5 N–H and O–H groups in total. The first-order chi connectivity index (χ1) is 10.8. The molecule has 2 amide bonds. The summed E-state index contributed by atoms with van der Waals surface area (Å²) in [4.78, 5) is 22.5. The second-order valence-electron chi connectivity index (χ2n) is 4.63. The van der Waals surface area contributed by atoms with Gasteiger partial charge in [-0.15, -0.1) is 0 Å². The quantitative estimate of drug-likeness (QED) is 0.595. The zero-order valence-electron chi connectivity index (χ0n) is 11.9. The van der Waals surface area contributed by atoms with Gasteiger partial charge in [0.2, 0.25) is 10.0 Å². The van der Waals surface area contributed by atoms with Crippen LogP contribution in [0.3, 0.4) is 0 Å². The number of carbonyl (C=O) groups is 1. The molecule has 0 aliphatic heterocycles. The van der Waals surface area contributed by atoms with Gasteiger partial charge in [0.1, 0.15) is 0 Å². The predicted octanol–water partition coefficient (Wildman–Crippen LogP) is -0.219. The topological polar surface area (TPSA) is 147 Å². The summed E-state index contributed by atoms with van der Waals surface area (Å²) in [5.74, 6) is 0.222. The van der Waals surface area contributed by atoms with Gasteiger partial charge in [0.05, 0.1) is 4.90 Å². The maximum atomic E-state index is 11.6. The summed E-state index contributed by atoms with van der Waals surface area (Å²) in [6.07, 6.45) is 0.511. The molecule has 0 spiro atoms. The summed E-state index contributed by atoms with van der Waals surface area (Å²) in [6, 6.07) is 8.24. The van der Waals surface area contributed by atoms with Crippen molar-refractivity contribution in [3.05, 3.63) is 52.3 Å². The van der Waals surface area contributed by atoms with Gasteiger partial charge in [-0.2, -0.15) is 5.10 Å². The fraction of sp³-hybridized carbons (Fsp3) is 0.154. The zero-order valence-corrected chi connectivity index (χ0v) is 12.8. The van der Waals surface area contributed by atoms with Crippen molar-refractivity contribution in [3.8, 4) is 0 Å². The molecule has 1 aromatic carbocycles. The molecule has 122 valence electrons. The molecule has 0 saturated carbocycles. The van der Waals surface area contributed by atoms with E-state index in [1.165, 1.54) is 24.3 Å². The van der Waals surface area contributed by atoms with Gasteiger partial charge >= 0.3 is 6.03 Å². The van der Waals surface area contributed by atoms with Gasteiger partial charge < -0.3 is 5.32 Å². The Labute approximate surface area is 132 Å². The molecule has 1 heterocycles. The number of H-pyrrole nitrogens is 1. The van der Waals surface area contributed by atoms with Crippen LogP contribution >= 0.6 is 0 Å². The number of hydrogen-bond acceptors (Lipinski definition) is 5. The van der Waals surface area contributed by atoms with E-state index in [-0.39, 0.29) is 16.3 Å². The fourth-order valence-corrected chi connectivity index (χ4v) is 2.26. The van der Waals surface area contributed by atoms with Crippen LogP contribution in [0.25, 0.3) is 0 Å². The number of rotatable bonds is 5. The minimum absolute atomic E-state index is 0.0381. The zero-order chi connectivity index (χ0) is 16.9. The summed E-state index contributed by atoms with van der Waals surface area (Å²) in [6.45, 7) is 0.337. The smallest absolute Gasteiger partial charge is 0.320 e. The van der Waals surface area contributed by atoms with Crippen LogP contribution in [0.1, 0.15) is 5.56 Å². The van der Waals surface area contributed by atoms with Crippen LogP contribution in [0.4, 0.5) is 10.6 Å². The number of carbonyl (C=O) groups excluding carboxylic acids is 1. The van der Waals surface area contributed by atoms with Crippen molar-refractivity contribution in [3.63, 3.8) is 0 Å². The molecule has 0 saturated heterocycles. The molecule has 0 unspecified atom stereocenters. The molecule has 0 bridgehead atoms. The number of benzene rings is 1. The number of aromatic nitrogens is 2. The molecule has 0 radical (unpaired) electrons. The van der Waals surface area contributed by atoms with Crippen molar-refractivity contribution in [2.75, 3.05) is 11.9 Å². The Kier molecular flexibility index (Phi) is 5.09. The third-order valence-corrected chi connectivity index (χ3v) is 3.80. The van der Waals surface area contributed by atoms with E-state index in [2.05, 4.69) is 20.8 Å². The fourth-order valence-electron chi connectivity index (χ4n) is 1.74. The van der Waals surface area contributed by atoms with Crippen molar-refractivity contribution >= 4 is 21.9 Å². The number of sulfonamides is 1. The van der Waals surface area contributed by atoms with Crippen LogP contribution in [0.2, 0.25) is 0 Å². The summed E-state index contributed by atoms with van der Waals surface area (Å²) in [5, 5.41) is 15.9. The van der Waals surface area contributed by atoms with Gasteiger partial charge in [0, 0.05) is 12.6 Å². The monoisotopic (exact) mass is 337 g/mol. The number of urea groups is 1. The minimum Gasteiger partial charge on any atom is -0.337 e. The molecule has 10 heteroatoms. The molecule has 0 atom stereocenters. The maximum Gasteiger partial charge on any atom is 0.320 e. The first-order valence-corrected chi connectivity index (χ1v) is 8.11. The lowest BCUT2D eigenvalue weighted by Gasteiger charge is -2.07. The highest BCUT2D eigenvalue weighted by Gasteiger charge is 2.07. The number of primary sulfonamides is 1. The van der Waals surface area contributed by atoms with Crippen molar-refractivity contribution in [2.45, 2.75) is 11.3 Å². The number of hydrogen-bond donors (Lipinski definition) is 4. The third kappa shape index (κ3) is 5.20. The van der Waals surface area contributed by atoms with E-state index in [9.17, 15) is 18.0 Å². The van der Waals surface area contributed by atoms with E-state index in [4.69, 9.17) is 5.14 Å². The second kappa shape index (κ2) is 7.03. The van der Waals surface area contributed by atoms with E-state index in [1.54, 1.807) is 12.1 Å². The van der Waals surface area contributed by atoms with Crippen molar-refractivity contribution in [1.82, 2.24) is 15.5 Å². The van der Waals surface area contributed by atoms with Gasteiger partial charge in [-0.25, -0.2) is 23.4 Å². The first-order valence-electron chi connectivity index (χ1n) is 6.57. The Hall–Kier alpha value is -2.72. The summed E-state index contributed by atoms with van der Waals surface area (Å²) in [5.41, 5.74) is 0.485. The van der Waals surface area contributed by atoms with Crippen molar-refractivity contribution < 1.29 is 13.2 Å². The van der Waals surface area contributed by atoms with E-state index in [0.717, 1.165) is 5.56 Å². The van der Waals surface area contributed by atoms with Crippen LogP contribution < -0.4 is 21.3 Å². The molecule has 2 rings (SSSR count). The normalized spacial score (nSPS) is 11.0. The van der Waals surface area contributed by atoms with Gasteiger partial charge in [0.15, 0.2) is 5.82 Å². The average molecular weight is 337 g/mol. The van der Waals surface area contributed by atoms with Crippen LogP contribution in [0.15, 0.2) is 46.1 Å². The van der Waals surface area contributed by atoms with Gasteiger partial charge in [0.25, 0.3) is 5.56 Å². The van der Waals surface area contributed by atoms with Crippen LogP contribution in [-0.2, 0) is 16.4 Å². The second-order valence-corrected chi connectivity index (χ2v) is 6.19. The standard InChI is InChI=1S/C13H15N5O4S/c14-23(21,22)10-3-1-9(2-4-10)7-8-15-13(20)16-11-5-6-12(19)18-17-11/h1-6H,7-8H2,(H,18,19)(H2,14,21,22)(H2,15,16,17,20). The lowest BCUT2D eigenvalue weighted by molar-refractivity contribution is 0.252. The first kappa shape index (κ1) is 16.6. The number of nitrogens with zero attached hydrogens (tertiary/aromatic N) is 1. The Morgan fingerprint density at radius 1 is 1.17 bits per heavy atom. The molecule has 23 heavy (non-hydrogen) atoms. The molecular formula is C13H15N5O4S. The molecule has 0 aliphatic rings. The van der Waals surface area contributed by atoms with Gasteiger partial charge in [-0.3, -0.25) is 10.1 Å². The summed E-state index contributed by atoms with van der Waals surface area (Å²) >= 11 is 0. The van der Waals surface area contributed by atoms with Gasteiger partial charge in [-0.1, -0.05) is 12.1 Å². The van der Waals surface area contributed by atoms with E-state index in [1.807, 2.05) is 0 Å². The highest BCUT2D eigenvalue weighted by atomic mass is 32.2. The molecule has 0 fully saturated rings. The Morgan fingerprint density at radius 2 is 1.87 bits per heavy atom. The van der Waals surface area contributed by atoms with Crippen molar-refractivity contribution in [2.24, 2.45) is 5.14 Å². The lowest BCUT2D eigenvalue weighted by atomic mass is 10.1. The van der Waals surface area contributed by atoms with E-state index < -0.39 is 16.1 Å². The number of anilines is 1. The Morgan fingerprint density at radius 3 is 2.43 bits per heavy atom.